The van der Waals surface area contributed by atoms with Crippen LogP contribution in [0.15, 0.2) is 28.7 Å². The third kappa shape index (κ3) is 4.66. The predicted octanol–water partition coefficient (Wildman–Crippen LogP) is 4.14. The van der Waals surface area contributed by atoms with Gasteiger partial charge in [-0.3, -0.25) is 4.79 Å². The van der Waals surface area contributed by atoms with Crippen LogP contribution >= 0.6 is 0 Å². The Morgan fingerprint density at radius 3 is 2.50 bits per heavy atom. The summed E-state index contributed by atoms with van der Waals surface area (Å²) in [6.45, 7) is 9.46. The van der Waals surface area contributed by atoms with Gasteiger partial charge in [-0.25, -0.2) is 4.79 Å². The lowest BCUT2D eigenvalue weighted by Gasteiger charge is -2.33. The minimum Gasteiger partial charge on any atom is -0.459 e. The van der Waals surface area contributed by atoms with Crippen LogP contribution in [0.2, 0.25) is 0 Å². The molecular formula is C22H31N3O3. The van der Waals surface area contributed by atoms with E-state index in [0.717, 1.165) is 35.1 Å². The second-order valence-electron chi connectivity index (χ2n) is 8.18. The van der Waals surface area contributed by atoms with Gasteiger partial charge in [0.1, 0.15) is 11.3 Å². The van der Waals surface area contributed by atoms with Gasteiger partial charge in [-0.15, -0.1) is 0 Å². The molecule has 1 fully saturated rings. The minimum absolute atomic E-state index is 0.0899. The summed E-state index contributed by atoms with van der Waals surface area (Å²) in [4.78, 5) is 26.5. The first-order chi connectivity index (χ1) is 13.3. The zero-order valence-electron chi connectivity index (χ0n) is 17.2. The maximum Gasteiger partial charge on any atom is 0.315 e. The average Bonchev–Trinajstić information content (AvgIpc) is 2.99. The van der Waals surface area contributed by atoms with Crippen molar-refractivity contribution in [3.8, 4) is 0 Å². The fourth-order valence-corrected chi connectivity index (χ4v) is 3.85. The summed E-state index contributed by atoms with van der Waals surface area (Å²) in [5.74, 6) is 1.37. The average molecular weight is 386 g/mol. The number of furan rings is 1. The van der Waals surface area contributed by atoms with E-state index in [-0.39, 0.29) is 24.0 Å². The highest BCUT2D eigenvalue weighted by atomic mass is 16.3. The number of urea groups is 1. The molecule has 2 N–H and O–H groups in total. The van der Waals surface area contributed by atoms with E-state index in [2.05, 4.69) is 24.5 Å². The molecule has 0 aliphatic carbocycles. The molecule has 0 saturated carbocycles. The van der Waals surface area contributed by atoms with E-state index in [1.165, 1.54) is 0 Å². The number of nitrogens with zero attached hydrogens (tertiary/aromatic N) is 1. The van der Waals surface area contributed by atoms with Gasteiger partial charge in [0, 0.05) is 36.5 Å². The SMILES string of the molecule is Cc1c([C@@H](C)NC(=O)NC2CCN(C(=O)CC(C)C)CC2)oc2ccccc12. The van der Waals surface area contributed by atoms with E-state index < -0.39 is 0 Å². The van der Waals surface area contributed by atoms with Crippen LogP contribution in [-0.4, -0.2) is 36.0 Å². The van der Waals surface area contributed by atoms with E-state index in [9.17, 15) is 9.59 Å². The van der Waals surface area contributed by atoms with E-state index in [1.54, 1.807) is 0 Å². The molecule has 3 rings (SSSR count). The number of fused-ring (bicyclic) bond motifs is 1. The van der Waals surface area contributed by atoms with Crippen molar-refractivity contribution < 1.29 is 14.0 Å². The molecule has 0 unspecified atom stereocenters. The number of hydrogen-bond donors (Lipinski definition) is 2. The quantitative estimate of drug-likeness (QED) is 0.812. The molecule has 152 valence electrons. The Balaban J connectivity index is 1.50. The number of hydrogen-bond acceptors (Lipinski definition) is 3. The van der Waals surface area contributed by atoms with Gasteiger partial charge < -0.3 is 20.0 Å². The summed E-state index contributed by atoms with van der Waals surface area (Å²) < 4.78 is 5.94. The van der Waals surface area contributed by atoms with Crippen molar-refractivity contribution in [3.63, 3.8) is 0 Å². The molecule has 2 heterocycles. The number of rotatable bonds is 5. The summed E-state index contributed by atoms with van der Waals surface area (Å²) in [5.41, 5.74) is 1.89. The first kappa shape index (κ1) is 20.2. The molecule has 0 bridgehead atoms. The molecule has 1 aliphatic rings. The number of nitrogens with one attached hydrogen (secondary N) is 2. The Morgan fingerprint density at radius 1 is 1.18 bits per heavy atom. The van der Waals surface area contributed by atoms with Gasteiger partial charge in [-0.2, -0.15) is 0 Å². The van der Waals surface area contributed by atoms with Crippen LogP contribution in [0.4, 0.5) is 4.79 Å². The lowest BCUT2D eigenvalue weighted by Crippen LogP contribution is -2.49. The Kier molecular flexibility index (Phi) is 6.27. The number of benzene rings is 1. The number of piperidine rings is 1. The molecule has 1 saturated heterocycles. The van der Waals surface area contributed by atoms with Crippen LogP contribution in [0.3, 0.4) is 0 Å². The van der Waals surface area contributed by atoms with E-state index in [4.69, 9.17) is 4.42 Å². The first-order valence-electron chi connectivity index (χ1n) is 10.2. The molecule has 28 heavy (non-hydrogen) atoms. The zero-order valence-corrected chi connectivity index (χ0v) is 17.2. The highest BCUT2D eigenvalue weighted by Crippen LogP contribution is 2.29. The summed E-state index contributed by atoms with van der Waals surface area (Å²) in [6.07, 6.45) is 2.16. The number of aryl methyl sites for hydroxylation is 1. The van der Waals surface area contributed by atoms with Crippen LogP contribution in [0.25, 0.3) is 11.0 Å². The molecule has 6 heteroatoms. The highest BCUT2D eigenvalue weighted by molar-refractivity contribution is 5.82. The lowest BCUT2D eigenvalue weighted by atomic mass is 10.0. The Bertz CT molecular complexity index is 835. The van der Waals surface area contributed by atoms with Crippen molar-refractivity contribution in [3.05, 3.63) is 35.6 Å². The van der Waals surface area contributed by atoms with Crippen LogP contribution in [-0.2, 0) is 4.79 Å². The molecule has 1 aromatic carbocycles. The second kappa shape index (κ2) is 8.67. The molecule has 3 amide bonds. The van der Waals surface area contributed by atoms with Crippen LogP contribution in [0.5, 0.6) is 0 Å². The smallest absolute Gasteiger partial charge is 0.315 e. The lowest BCUT2D eigenvalue weighted by molar-refractivity contribution is -0.133. The van der Waals surface area contributed by atoms with Gasteiger partial charge in [0.2, 0.25) is 5.91 Å². The molecule has 1 aromatic heterocycles. The van der Waals surface area contributed by atoms with Crippen molar-refractivity contribution in [2.45, 2.75) is 59.0 Å². The number of carbonyl (C=O) groups excluding carboxylic acids is 2. The van der Waals surface area contributed by atoms with Gasteiger partial charge in [-0.05, 0) is 38.7 Å². The molecule has 1 atom stereocenters. The number of likely N-dealkylation sites (tertiary alicyclic amines) is 1. The van der Waals surface area contributed by atoms with Crippen LogP contribution in [0.1, 0.15) is 57.4 Å². The maximum atomic E-state index is 12.4. The minimum atomic E-state index is -0.222. The van der Waals surface area contributed by atoms with Crippen molar-refractivity contribution in [1.29, 1.82) is 0 Å². The van der Waals surface area contributed by atoms with Crippen molar-refractivity contribution in [2.75, 3.05) is 13.1 Å². The van der Waals surface area contributed by atoms with Crippen molar-refractivity contribution >= 4 is 22.9 Å². The standard InChI is InChI=1S/C22H31N3O3/c1-14(2)13-20(26)25-11-9-17(10-12-25)24-22(27)23-16(4)21-15(3)18-7-5-6-8-19(18)28-21/h5-8,14,16-17H,9-13H2,1-4H3,(H2,23,24,27)/t16-/m1/s1. The molecular weight excluding hydrogens is 354 g/mol. The highest BCUT2D eigenvalue weighted by Gasteiger charge is 2.25. The molecule has 2 aromatic rings. The van der Waals surface area contributed by atoms with E-state index in [1.807, 2.05) is 43.0 Å². The Hall–Kier alpha value is -2.50. The third-order valence-corrected chi connectivity index (χ3v) is 5.39. The Morgan fingerprint density at radius 2 is 1.86 bits per heavy atom. The predicted molar refractivity (Wildman–Crippen MR) is 110 cm³/mol. The number of para-hydroxylation sites is 1. The van der Waals surface area contributed by atoms with Crippen LogP contribution < -0.4 is 10.6 Å². The zero-order chi connectivity index (χ0) is 20.3. The van der Waals surface area contributed by atoms with Gasteiger partial charge in [0.25, 0.3) is 0 Å². The number of carbonyl (C=O) groups is 2. The maximum absolute atomic E-state index is 12.4. The van der Waals surface area contributed by atoms with Gasteiger partial charge in [0.05, 0.1) is 6.04 Å². The van der Waals surface area contributed by atoms with E-state index in [0.29, 0.717) is 25.4 Å². The fraction of sp³-hybridized carbons (Fsp3) is 0.545. The molecule has 0 spiro atoms. The summed E-state index contributed by atoms with van der Waals surface area (Å²) in [5, 5.41) is 7.10. The largest absolute Gasteiger partial charge is 0.459 e. The summed E-state index contributed by atoms with van der Waals surface area (Å²) in [6, 6.07) is 7.56. The number of amides is 3. The van der Waals surface area contributed by atoms with Gasteiger partial charge >= 0.3 is 6.03 Å². The summed E-state index contributed by atoms with van der Waals surface area (Å²) >= 11 is 0. The molecule has 1 aliphatic heterocycles. The van der Waals surface area contributed by atoms with Gasteiger partial charge in [-0.1, -0.05) is 32.0 Å². The molecule has 0 radical (unpaired) electrons. The van der Waals surface area contributed by atoms with Crippen LogP contribution in [0, 0.1) is 12.8 Å². The molecule has 6 nitrogen and oxygen atoms in total. The normalized spacial score (nSPS) is 16.4. The topological polar surface area (TPSA) is 74.6 Å². The third-order valence-electron chi connectivity index (χ3n) is 5.39. The monoisotopic (exact) mass is 385 g/mol. The second-order valence-corrected chi connectivity index (χ2v) is 8.18. The van der Waals surface area contributed by atoms with Crippen molar-refractivity contribution in [2.24, 2.45) is 5.92 Å². The summed E-state index contributed by atoms with van der Waals surface area (Å²) in [7, 11) is 0. The first-order valence-corrected chi connectivity index (χ1v) is 10.2. The Labute approximate surface area is 166 Å². The van der Waals surface area contributed by atoms with Crippen molar-refractivity contribution in [1.82, 2.24) is 15.5 Å². The fourth-order valence-electron chi connectivity index (χ4n) is 3.85. The van der Waals surface area contributed by atoms with Gasteiger partial charge in [0.15, 0.2) is 0 Å². The van der Waals surface area contributed by atoms with E-state index >= 15 is 0 Å².